The summed E-state index contributed by atoms with van der Waals surface area (Å²) in [6.07, 6.45) is -0.819. The van der Waals surface area contributed by atoms with E-state index in [1.54, 1.807) is 0 Å². The third kappa shape index (κ3) is 1.83. The van der Waals surface area contributed by atoms with Crippen LogP contribution in [0.4, 0.5) is 4.79 Å². The van der Waals surface area contributed by atoms with Crippen LogP contribution in [-0.2, 0) is 4.74 Å². The molecule has 0 aliphatic carbocycles. The number of hydrogen-bond donors (Lipinski definition) is 1. The van der Waals surface area contributed by atoms with Crippen molar-refractivity contribution in [1.82, 2.24) is 4.98 Å². The molecular formula is C9H7NO5. The summed E-state index contributed by atoms with van der Waals surface area (Å²) in [5.74, 6) is -0.286. The molecule has 1 aromatic heterocycles. The average molecular weight is 209 g/mol. The fraction of sp³-hybridized carbons (Fsp3) is 0.111. The maximum absolute atomic E-state index is 10.8. The minimum Gasteiger partial charge on any atom is -0.437 e. The van der Waals surface area contributed by atoms with Gasteiger partial charge in [0.15, 0.2) is 5.58 Å². The molecule has 0 saturated carbocycles. The Morgan fingerprint density at radius 2 is 2.27 bits per heavy atom. The number of ether oxygens (including phenoxy) is 2. The Balaban J connectivity index is 2.38. The molecule has 78 valence electrons. The van der Waals surface area contributed by atoms with E-state index < -0.39 is 11.9 Å². The van der Waals surface area contributed by atoms with Gasteiger partial charge >= 0.3 is 11.9 Å². The van der Waals surface area contributed by atoms with E-state index in [1.165, 1.54) is 25.3 Å². The first-order valence-electron chi connectivity index (χ1n) is 4.08. The lowest BCUT2D eigenvalue weighted by atomic mass is 10.3. The Labute approximate surface area is 83.4 Å². The smallest absolute Gasteiger partial charge is 0.437 e. The topological polar surface area (TPSA) is 81.5 Å². The number of fused-ring (bicyclic) bond motifs is 1. The summed E-state index contributed by atoms with van der Waals surface area (Å²) < 4.78 is 13.8. The predicted molar refractivity (Wildman–Crippen MR) is 49.9 cm³/mol. The fourth-order valence-corrected chi connectivity index (χ4v) is 1.13. The number of benzene rings is 1. The number of aromatic nitrogens is 1. The number of oxazole rings is 1. The fourth-order valence-electron chi connectivity index (χ4n) is 1.13. The second kappa shape index (κ2) is 3.49. The van der Waals surface area contributed by atoms with E-state index in [4.69, 9.17) is 9.15 Å². The van der Waals surface area contributed by atoms with Gasteiger partial charge in [0.1, 0.15) is 5.75 Å². The summed E-state index contributed by atoms with van der Waals surface area (Å²) >= 11 is 0. The lowest BCUT2D eigenvalue weighted by molar-refractivity contribution is 0.121. The standard InChI is InChI=1S/C9H7NO5/c1-13-9(12)14-5-2-3-7-6(4-5)10-8(11)15-7/h2-4H,1H3,(H,10,11). The van der Waals surface area contributed by atoms with Gasteiger partial charge in [0.05, 0.1) is 12.6 Å². The molecule has 0 fully saturated rings. The Kier molecular flexibility index (Phi) is 2.17. The maximum atomic E-state index is 10.8. The quantitative estimate of drug-likeness (QED) is 0.564. The molecule has 0 radical (unpaired) electrons. The van der Waals surface area contributed by atoms with Crippen molar-refractivity contribution in [2.75, 3.05) is 7.11 Å². The minimum atomic E-state index is -0.819. The first kappa shape index (κ1) is 9.32. The molecule has 0 bridgehead atoms. The third-order valence-electron chi connectivity index (χ3n) is 1.76. The van der Waals surface area contributed by atoms with Crippen molar-refractivity contribution in [3.8, 4) is 5.75 Å². The average Bonchev–Trinajstić information content (AvgIpc) is 2.57. The van der Waals surface area contributed by atoms with Gasteiger partial charge in [0.25, 0.3) is 0 Å². The van der Waals surface area contributed by atoms with E-state index in [9.17, 15) is 9.59 Å². The third-order valence-corrected chi connectivity index (χ3v) is 1.76. The van der Waals surface area contributed by atoms with Gasteiger partial charge in [-0.1, -0.05) is 0 Å². The largest absolute Gasteiger partial charge is 0.513 e. The van der Waals surface area contributed by atoms with Crippen molar-refractivity contribution in [2.45, 2.75) is 0 Å². The van der Waals surface area contributed by atoms with Crippen molar-refractivity contribution < 1.29 is 18.7 Å². The first-order valence-corrected chi connectivity index (χ1v) is 4.08. The van der Waals surface area contributed by atoms with E-state index in [-0.39, 0.29) is 5.75 Å². The van der Waals surface area contributed by atoms with Crippen LogP contribution in [0.15, 0.2) is 27.4 Å². The molecular weight excluding hydrogens is 202 g/mol. The van der Waals surface area contributed by atoms with Gasteiger partial charge in [0.2, 0.25) is 0 Å². The maximum Gasteiger partial charge on any atom is 0.513 e. The van der Waals surface area contributed by atoms with Crippen molar-refractivity contribution in [3.63, 3.8) is 0 Å². The van der Waals surface area contributed by atoms with Crippen LogP contribution in [0.3, 0.4) is 0 Å². The Morgan fingerprint density at radius 1 is 1.47 bits per heavy atom. The Bertz CT molecular complexity index is 553. The number of rotatable bonds is 1. The van der Waals surface area contributed by atoms with Gasteiger partial charge in [-0.25, -0.2) is 9.59 Å². The minimum absolute atomic E-state index is 0.270. The summed E-state index contributed by atoms with van der Waals surface area (Å²) in [7, 11) is 1.21. The molecule has 1 heterocycles. The van der Waals surface area contributed by atoms with Crippen LogP contribution in [0.1, 0.15) is 0 Å². The molecule has 0 atom stereocenters. The number of hydrogen-bond acceptors (Lipinski definition) is 5. The monoisotopic (exact) mass is 209 g/mol. The number of carbonyl (C=O) groups is 1. The summed E-state index contributed by atoms with van der Waals surface area (Å²) in [5, 5.41) is 0. The van der Waals surface area contributed by atoms with E-state index in [0.29, 0.717) is 11.1 Å². The molecule has 1 aromatic carbocycles. The summed E-state index contributed by atoms with van der Waals surface area (Å²) in [4.78, 5) is 24.0. The zero-order chi connectivity index (χ0) is 10.8. The van der Waals surface area contributed by atoms with Crippen LogP contribution in [0.2, 0.25) is 0 Å². The first-order chi connectivity index (χ1) is 7.19. The van der Waals surface area contributed by atoms with E-state index >= 15 is 0 Å². The molecule has 6 nitrogen and oxygen atoms in total. The van der Waals surface area contributed by atoms with Crippen LogP contribution < -0.4 is 10.5 Å². The second-order valence-electron chi connectivity index (χ2n) is 2.73. The Morgan fingerprint density at radius 3 is 3.00 bits per heavy atom. The molecule has 0 spiro atoms. The van der Waals surface area contributed by atoms with Crippen LogP contribution in [0.25, 0.3) is 11.1 Å². The normalized spacial score (nSPS) is 10.2. The van der Waals surface area contributed by atoms with E-state index in [0.717, 1.165) is 0 Å². The van der Waals surface area contributed by atoms with Crippen LogP contribution >= 0.6 is 0 Å². The summed E-state index contributed by atoms with van der Waals surface area (Å²) in [6.45, 7) is 0. The molecule has 0 aliphatic rings. The molecule has 0 aliphatic heterocycles. The van der Waals surface area contributed by atoms with Gasteiger partial charge < -0.3 is 13.9 Å². The molecule has 15 heavy (non-hydrogen) atoms. The number of methoxy groups -OCH3 is 1. The van der Waals surface area contributed by atoms with Gasteiger partial charge in [-0.3, -0.25) is 4.98 Å². The molecule has 0 amide bonds. The van der Waals surface area contributed by atoms with Crippen molar-refractivity contribution in [2.24, 2.45) is 0 Å². The highest BCUT2D eigenvalue weighted by molar-refractivity contribution is 5.75. The highest BCUT2D eigenvalue weighted by Gasteiger charge is 2.06. The summed E-state index contributed by atoms with van der Waals surface area (Å²) in [5.41, 5.74) is 0.860. The van der Waals surface area contributed by atoms with Crippen LogP contribution in [0.5, 0.6) is 5.75 Å². The molecule has 0 unspecified atom stereocenters. The lowest BCUT2D eigenvalue weighted by Crippen LogP contribution is -2.06. The van der Waals surface area contributed by atoms with Gasteiger partial charge in [-0.15, -0.1) is 0 Å². The van der Waals surface area contributed by atoms with Crippen molar-refractivity contribution >= 4 is 17.3 Å². The van der Waals surface area contributed by atoms with Crippen LogP contribution in [0, 0.1) is 0 Å². The van der Waals surface area contributed by atoms with E-state index in [1.807, 2.05) is 0 Å². The van der Waals surface area contributed by atoms with Crippen molar-refractivity contribution in [3.05, 3.63) is 28.7 Å². The van der Waals surface area contributed by atoms with Gasteiger partial charge in [0, 0.05) is 6.07 Å². The molecule has 2 rings (SSSR count). The zero-order valence-corrected chi connectivity index (χ0v) is 7.77. The van der Waals surface area contributed by atoms with E-state index in [2.05, 4.69) is 9.72 Å². The number of H-pyrrole nitrogens is 1. The molecule has 1 N–H and O–H groups in total. The van der Waals surface area contributed by atoms with Gasteiger partial charge in [-0.2, -0.15) is 0 Å². The Hall–Kier alpha value is -2.24. The zero-order valence-electron chi connectivity index (χ0n) is 7.77. The van der Waals surface area contributed by atoms with Crippen LogP contribution in [-0.4, -0.2) is 18.2 Å². The highest BCUT2D eigenvalue weighted by Crippen LogP contribution is 2.18. The van der Waals surface area contributed by atoms with Crippen molar-refractivity contribution in [1.29, 1.82) is 0 Å². The lowest BCUT2D eigenvalue weighted by Gasteiger charge is -2.00. The summed E-state index contributed by atoms with van der Waals surface area (Å²) in [6, 6.07) is 4.48. The number of aromatic amines is 1. The number of nitrogens with one attached hydrogen (secondary N) is 1. The highest BCUT2D eigenvalue weighted by atomic mass is 16.7. The molecule has 2 aromatic rings. The SMILES string of the molecule is COC(=O)Oc1ccc2oc(=O)[nH]c2c1. The second-order valence-corrected chi connectivity index (χ2v) is 2.73. The molecule has 6 heteroatoms. The predicted octanol–water partition coefficient (Wildman–Crippen LogP) is 1.27. The van der Waals surface area contributed by atoms with Gasteiger partial charge in [-0.05, 0) is 12.1 Å². The molecule has 0 saturated heterocycles. The number of carbonyl (C=O) groups excluding carboxylic acids is 1.